The van der Waals surface area contributed by atoms with E-state index in [-0.39, 0.29) is 47.2 Å². The van der Waals surface area contributed by atoms with Gasteiger partial charge in [0.2, 0.25) is 5.91 Å². The van der Waals surface area contributed by atoms with E-state index in [1.165, 1.54) is 51.9 Å². The molecule has 2 saturated heterocycles. The maximum atomic E-state index is 14.7. The van der Waals surface area contributed by atoms with Gasteiger partial charge in [-0.1, -0.05) is 106 Å². The predicted molar refractivity (Wildman–Crippen MR) is 271 cm³/mol. The number of carbonyl (C=O) groups is 4. The highest BCUT2D eigenvalue weighted by Gasteiger charge is 2.55. The number of carbonyl (C=O) groups excluding carboxylic acids is 4. The summed E-state index contributed by atoms with van der Waals surface area (Å²) in [5.41, 5.74) is 8.12. The zero-order chi connectivity index (χ0) is 49.0. The highest BCUT2D eigenvalue weighted by atomic mass is 16.5. The lowest BCUT2D eigenvalue weighted by atomic mass is 9.83. The van der Waals surface area contributed by atoms with Crippen LogP contribution >= 0.6 is 0 Å². The Morgan fingerprint density at radius 1 is 0.690 bits per heavy atom. The fourth-order valence-corrected chi connectivity index (χ4v) is 12.3. The van der Waals surface area contributed by atoms with Crippen molar-refractivity contribution in [3.05, 3.63) is 120 Å². The molecule has 6 atom stereocenters. The summed E-state index contributed by atoms with van der Waals surface area (Å²) in [5, 5.41) is 7.85. The van der Waals surface area contributed by atoms with E-state index < -0.39 is 24.3 Å². The SMILES string of the molecule is COC(=O)N[C@H](C(=O)N1CC2(CC2)C[C@H]1c1ncc(-c2ccc3cc(-c4ccc(-c5cnc([C@@H]6[C@H]7CC[C@H](C7)N6C(=O)[C@H](NC(=O)OC)c6ccc(C7CCCCC7)cc6)[nH]5)cc4)ccc3c2)[nH]1)C(C)C. The zero-order valence-corrected chi connectivity index (χ0v) is 41.1. The quantitative estimate of drug-likeness (QED) is 0.0937. The van der Waals surface area contributed by atoms with Crippen LogP contribution in [0.1, 0.15) is 131 Å². The second kappa shape index (κ2) is 19.0. The van der Waals surface area contributed by atoms with Crippen LogP contribution in [-0.2, 0) is 19.1 Å². The third-order valence-electron chi connectivity index (χ3n) is 16.5. The van der Waals surface area contributed by atoms with Gasteiger partial charge in [0.25, 0.3) is 5.91 Å². The fraction of sp³-hybridized carbons (Fsp3) is 0.439. The molecular weight excluding hydrogens is 893 g/mol. The molecule has 0 unspecified atom stereocenters. The second-order valence-electron chi connectivity index (χ2n) is 21.2. The molecular formula is C57H64N8O6. The third-order valence-corrected chi connectivity index (χ3v) is 16.5. The number of fused-ring (bicyclic) bond motifs is 3. The van der Waals surface area contributed by atoms with E-state index in [0.717, 1.165) is 100 Å². The number of piperidine rings is 1. The number of nitrogens with zero attached hydrogens (tertiary/aromatic N) is 4. The van der Waals surface area contributed by atoms with Gasteiger partial charge in [0.15, 0.2) is 0 Å². The molecule has 4 heterocycles. The van der Waals surface area contributed by atoms with E-state index in [1.54, 1.807) is 0 Å². The second-order valence-corrected chi connectivity index (χ2v) is 21.2. The van der Waals surface area contributed by atoms with Crippen molar-refractivity contribution >= 4 is 34.8 Å². The van der Waals surface area contributed by atoms with Gasteiger partial charge in [0.1, 0.15) is 23.7 Å². The Balaban J connectivity index is 0.779. The normalized spacial score (nSPS) is 22.2. The number of rotatable bonds is 12. The number of benzene rings is 4. The van der Waals surface area contributed by atoms with Crippen LogP contribution in [0.15, 0.2) is 97.3 Å². The van der Waals surface area contributed by atoms with Crippen LogP contribution in [0.3, 0.4) is 0 Å². The molecule has 5 aliphatic rings. The Morgan fingerprint density at radius 3 is 2.00 bits per heavy atom. The van der Waals surface area contributed by atoms with Crippen molar-refractivity contribution in [2.24, 2.45) is 17.3 Å². The largest absolute Gasteiger partial charge is 0.453 e. The van der Waals surface area contributed by atoms with Gasteiger partial charge >= 0.3 is 12.2 Å². The van der Waals surface area contributed by atoms with Crippen LogP contribution in [0, 0.1) is 17.3 Å². The van der Waals surface area contributed by atoms with Gasteiger partial charge < -0.3 is 39.9 Å². The minimum absolute atomic E-state index is 0.0741. The van der Waals surface area contributed by atoms with Crippen LogP contribution in [0.2, 0.25) is 0 Å². The summed E-state index contributed by atoms with van der Waals surface area (Å²) in [6, 6.07) is 27.7. The summed E-state index contributed by atoms with van der Waals surface area (Å²) in [7, 11) is 2.64. The third kappa shape index (κ3) is 9.06. The molecule has 2 bridgehead atoms. The highest BCUT2D eigenvalue weighted by molar-refractivity contribution is 5.91. The molecule has 2 aromatic heterocycles. The van der Waals surface area contributed by atoms with E-state index >= 15 is 0 Å². The number of nitrogens with one attached hydrogen (secondary N) is 4. The minimum Gasteiger partial charge on any atom is -0.453 e. The molecule has 4 aromatic carbocycles. The molecule has 11 rings (SSSR count). The molecule has 2 aliphatic heterocycles. The molecule has 5 fully saturated rings. The van der Waals surface area contributed by atoms with Gasteiger partial charge in [0.05, 0.1) is 50.1 Å². The first-order valence-corrected chi connectivity index (χ1v) is 25.6. The van der Waals surface area contributed by atoms with Gasteiger partial charge in [-0.2, -0.15) is 0 Å². The summed E-state index contributed by atoms with van der Waals surface area (Å²) < 4.78 is 9.86. The Bertz CT molecular complexity index is 2950. The van der Waals surface area contributed by atoms with Crippen LogP contribution in [0.4, 0.5) is 9.59 Å². The average molecular weight is 957 g/mol. The van der Waals surface area contributed by atoms with Crippen molar-refractivity contribution in [2.45, 2.75) is 121 Å². The number of alkyl carbamates (subject to hydrolysis) is 2. The molecule has 3 aliphatic carbocycles. The Labute approximate surface area is 414 Å². The van der Waals surface area contributed by atoms with Crippen LogP contribution in [-0.4, -0.2) is 86.6 Å². The van der Waals surface area contributed by atoms with Crippen molar-refractivity contribution < 1.29 is 28.7 Å². The maximum absolute atomic E-state index is 14.7. The number of hydrogen-bond donors (Lipinski definition) is 4. The molecule has 6 aromatic rings. The van der Waals surface area contributed by atoms with Crippen molar-refractivity contribution in [1.82, 2.24) is 40.4 Å². The Morgan fingerprint density at radius 2 is 1.31 bits per heavy atom. The van der Waals surface area contributed by atoms with Crippen molar-refractivity contribution in [3.8, 4) is 33.6 Å². The monoisotopic (exact) mass is 956 g/mol. The molecule has 14 heteroatoms. The Kier molecular flexibility index (Phi) is 12.4. The molecule has 4 amide bonds. The number of hydrogen-bond acceptors (Lipinski definition) is 8. The molecule has 14 nitrogen and oxygen atoms in total. The highest BCUT2D eigenvalue weighted by Crippen LogP contribution is 2.58. The van der Waals surface area contributed by atoms with E-state index in [4.69, 9.17) is 19.4 Å². The van der Waals surface area contributed by atoms with E-state index in [9.17, 15) is 19.2 Å². The number of imidazole rings is 2. The van der Waals surface area contributed by atoms with E-state index in [2.05, 4.69) is 93.4 Å². The summed E-state index contributed by atoms with van der Waals surface area (Å²) in [5.74, 6) is 1.99. The smallest absolute Gasteiger partial charge is 0.407 e. The number of amides is 4. The zero-order valence-electron chi connectivity index (χ0n) is 41.1. The van der Waals surface area contributed by atoms with Gasteiger partial charge in [-0.25, -0.2) is 19.6 Å². The standard InChI is InChI=1S/C57H64N8O6/c1-33(2)48(62-55(68)70-3)53(66)64-32-57(24-25-57)29-47(64)51-58-31-46(60-51)42-21-20-40-26-39(18-19-41(40)27-42)36-10-14-37(15-11-36)45-30-59-52(61-45)50-43-22-23-44(28-43)65(50)54(67)49(63-56(69)71-4)38-16-12-35(13-17-38)34-8-6-5-7-9-34/h10-21,26-27,30-31,33-34,43-44,47-50H,5-9,22-25,28-29,32H2,1-4H3,(H,58,60)(H,59,61)(H,62,68)(H,63,69)/t43-,44+,47-,48-,49+,50-/m0/s1. The lowest BCUT2D eigenvalue weighted by molar-refractivity contribution is -0.138. The fourth-order valence-electron chi connectivity index (χ4n) is 12.3. The summed E-state index contributed by atoms with van der Waals surface area (Å²) in [6.07, 6.45) is 14.5. The van der Waals surface area contributed by atoms with E-state index in [1.807, 2.05) is 48.2 Å². The van der Waals surface area contributed by atoms with Gasteiger partial charge in [-0.15, -0.1) is 0 Å². The molecule has 1 spiro atoms. The minimum atomic E-state index is -0.875. The maximum Gasteiger partial charge on any atom is 0.407 e. The van der Waals surface area contributed by atoms with Crippen LogP contribution < -0.4 is 10.6 Å². The first kappa shape index (κ1) is 46.4. The molecule has 0 radical (unpaired) electrons. The first-order chi connectivity index (χ1) is 34.5. The van der Waals surface area contributed by atoms with E-state index in [0.29, 0.717) is 12.5 Å². The number of methoxy groups -OCH3 is 2. The number of aromatic amines is 2. The summed E-state index contributed by atoms with van der Waals surface area (Å²) in [4.78, 5) is 74.4. The number of H-pyrrole nitrogens is 2. The summed E-state index contributed by atoms with van der Waals surface area (Å²) >= 11 is 0. The predicted octanol–water partition coefficient (Wildman–Crippen LogP) is 10.9. The first-order valence-electron chi connectivity index (χ1n) is 25.6. The molecule has 71 heavy (non-hydrogen) atoms. The Hall–Kier alpha value is -6.96. The van der Waals surface area contributed by atoms with Crippen molar-refractivity contribution in [3.63, 3.8) is 0 Å². The van der Waals surface area contributed by atoms with Crippen molar-refractivity contribution in [2.75, 3.05) is 20.8 Å². The molecule has 4 N–H and O–H groups in total. The molecule has 368 valence electrons. The van der Waals surface area contributed by atoms with Crippen molar-refractivity contribution in [1.29, 1.82) is 0 Å². The lowest BCUT2D eigenvalue weighted by Gasteiger charge is -2.36. The number of ether oxygens (including phenoxy) is 2. The van der Waals surface area contributed by atoms with Gasteiger partial charge in [0, 0.05) is 18.2 Å². The van der Waals surface area contributed by atoms with Crippen LogP contribution in [0.25, 0.3) is 44.4 Å². The number of likely N-dealkylation sites (tertiary alicyclic amines) is 2. The number of aromatic nitrogens is 4. The van der Waals surface area contributed by atoms with Crippen LogP contribution in [0.5, 0.6) is 0 Å². The van der Waals surface area contributed by atoms with Gasteiger partial charge in [-0.3, -0.25) is 9.59 Å². The topological polar surface area (TPSA) is 175 Å². The average Bonchev–Trinajstić information content (AvgIpc) is 4.05. The lowest BCUT2D eigenvalue weighted by Crippen LogP contribution is -2.51. The van der Waals surface area contributed by atoms with Gasteiger partial charge in [-0.05, 0) is 125 Å². The summed E-state index contributed by atoms with van der Waals surface area (Å²) in [6.45, 7) is 4.52. The molecule has 3 saturated carbocycles.